The number of carbonyl (C=O) groups is 3. The number of carboxylic acid groups (broad SMARTS) is 1. The van der Waals surface area contributed by atoms with E-state index in [9.17, 15) is 19.5 Å². The van der Waals surface area contributed by atoms with Crippen LogP contribution in [0.2, 0.25) is 0 Å². The molecule has 0 radical (unpaired) electrons. The summed E-state index contributed by atoms with van der Waals surface area (Å²) in [6.07, 6.45) is 46.7. The fourth-order valence-corrected chi connectivity index (χ4v) is 6.17. The van der Waals surface area contributed by atoms with Crippen molar-refractivity contribution in [2.45, 2.75) is 187 Å². The lowest BCUT2D eigenvalue weighted by Gasteiger charge is -2.34. The highest BCUT2D eigenvalue weighted by molar-refractivity contribution is 5.70. The number of hydrogen-bond donors (Lipinski definition) is 0. The summed E-state index contributed by atoms with van der Waals surface area (Å²) >= 11 is 0. The molecular weight excluding hydrogens is 703 g/mol. The minimum atomic E-state index is -1.13. The van der Waals surface area contributed by atoms with Crippen LogP contribution in [-0.2, 0) is 28.6 Å². The number of quaternary nitrogens is 1. The van der Waals surface area contributed by atoms with Crippen molar-refractivity contribution >= 4 is 17.9 Å². The Bertz CT molecular complexity index is 1100. The summed E-state index contributed by atoms with van der Waals surface area (Å²) in [6.45, 7) is 4.49. The third kappa shape index (κ3) is 36.7. The van der Waals surface area contributed by atoms with Gasteiger partial charge in [0.05, 0.1) is 40.3 Å². The molecule has 0 aromatic carbocycles. The molecule has 0 saturated heterocycles. The maximum atomic E-state index is 12.7. The molecule has 0 aliphatic carbocycles. The Morgan fingerprint density at radius 3 is 1.50 bits per heavy atom. The summed E-state index contributed by atoms with van der Waals surface area (Å²) in [4.78, 5) is 36.8. The molecule has 0 heterocycles. The Hall–Kier alpha value is -2.97. The predicted octanol–water partition coefficient (Wildman–Crippen LogP) is 10.9. The maximum Gasteiger partial charge on any atom is 0.306 e. The molecule has 0 rings (SSSR count). The maximum absolute atomic E-state index is 12.7. The molecule has 0 fully saturated rings. The molecule has 0 aliphatic rings. The van der Waals surface area contributed by atoms with Gasteiger partial charge in [-0.1, -0.05) is 139 Å². The summed E-state index contributed by atoms with van der Waals surface area (Å²) in [5.74, 6) is -1.77. The largest absolute Gasteiger partial charge is 0.544 e. The number of carboxylic acids is 1. The average molecular weight is 786 g/mol. The van der Waals surface area contributed by atoms with E-state index < -0.39 is 18.1 Å². The Balaban J connectivity index is 4.32. The second-order valence-corrected chi connectivity index (χ2v) is 15.9. The zero-order valence-corrected chi connectivity index (χ0v) is 36.5. The van der Waals surface area contributed by atoms with Crippen LogP contribution in [0, 0.1) is 0 Å². The van der Waals surface area contributed by atoms with Crippen LogP contribution in [0.5, 0.6) is 0 Å². The van der Waals surface area contributed by atoms with E-state index in [1.54, 1.807) is 21.1 Å². The van der Waals surface area contributed by atoms with Crippen molar-refractivity contribution in [2.75, 3.05) is 41.0 Å². The molecule has 0 saturated carbocycles. The Morgan fingerprint density at radius 1 is 0.554 bits per heavy atom. The molecule has 0 bridgehead atoms. The van der Waals surface area contributed by atoms with Crippen molar-refractivity contribution in [3.63, 3.8) is 0 Å². The summed E-state index contributed by atoms with van der Waals surface area (Å²) in [6, 6.07) is -0.730. The molecule has 2 unspecified atom stereocenters. The van der Waals surface area contributed by atoms with Gasteiger partial charge in [0.1, 0.15) is 12.6 Å². The molecule has 322 valence electrons. The van der Waals surface area contributed by atoms with Gasteiger partial charge in [0.2, 0.25) is 0 Å². The predicted molar refractivity (Wildman–Crippen MR) is 231 cm³/mol. The van der Waals surface area contributed by atoms with Crippen molar-refractivity contribution < 1.29 is 38.2 Å². The number of esters is 2. The minimum absolute atomic E-state index is 0.0319. The van der Waals surface area contributed by atoms with E-state index in [2.05, 4.69) is 74.6 Å². The molecular formula is C48H83NO7. The molecule has 8 nitrogen and oxygen atoms in total. The smallest absolute Gasteiger partial charge is 0.306 e. The number of ether oxygens (including phenoxy) is 3. The molecule has 56 heavy (non-hydrogen) atoms. The van der Waals surface area contributed by atoms with Crippen molar-refractivity contribution in [1.82, 2.24) is 0 Å². The van der Waals surface area contributed by atoms with Gasteiger partial charge in [-0.3, -0.25) is 9.59 Å². The van der Waals surface area contributed by atoms with E-state index in [1.807, 2.05) is 0 Å². The van der Waals surface area contributed by atoms with Crippen molar-refractivity contribution in [2.24, 2.45) is 0 Å². The van der Waals surface area contributed by atoms with Gasteiger partial charge in [-0.15, -0.1) is 0 Å². The highest BCUT2D eigenvalue weighted by Gasteiger charge is 2.25. The lowest BCUT2D eigenvalue weighted by atomic mass is 10.1. The third-order valence-corrected chi connectivity index (χ3v) is 9.64. The zero-order chi connectivity index (χ0) is 41.4. The zero-order valence-electron chi connectivity index (χ0n) is 36.5. The SMILES string of the molecule is CC/C=C/C/C=C/C/C=C/C/C=C/CCCCCCCCCC(=O)OCC(COCCC(C(=O)[O-])[N+](C)(C)C)OC(=O)CCCCCCC/C=C/CCCCC. The van der Waals surface area contributed by atoms with E-state index in [-0.39, 0.29) is 42.7 Å². The highest BCUT2D eigenvalue weighted by atomic mass is 16.6. The summed E-state index contributed by atoms with van der Waals surface area (Å²) in [7, 11) is 5.39. The van der Waals surface area contributed by atoms with Crippen LogP contribution >= 0.6 is 0 Å². The molecule has 0 spiro atoms. The Kier molecular flexibility index (Phi) is 36.8. The molecule has 0 aromatic rings. The fourth-order valence-electron chi connectivity index (χ4n) is 6.17. The average Bonchev–Trinajstić information content (AvgIpc) is 3.15. The van der Waals surface area contributed by atoms with Crippen LogP contribution in [-0.4, -0.2) is 75.5 Å². The van der Waals surface area contributed by atoms with E-state index in [1.165, 1.54) is 57.8 Å². The molecule has 0 N–H and O–H groups in total. The van der Waals surface area contributed by atoms with Crippen LogP contribution in [0.1, 0.15) is 174 Å². The topological polar surface area (TPSA) is 102 Å². The van der Waals surface area contributed by atoms with Gasteiger partial charge >= 0.3 is 11.9 Å². The number of rotatable bonds is 39. The van der Waals surface area contributed by atoms with Crippen molar-refractivity contribution in [1.29, 1.82) is 0 Å². The lowest BCUT2D eigenvalue weighted by molar-refractivity contribution is -0.889. The molecule has 8 heteroatoms. The van der Waals surface area contributed by atoms with Crippen LogP contribution in [0.25, 0.3) is 0 Å². The number of unbranched alkanes of at least 4 members (excludes halogenated alkanes) is 15. The van der Waals surface area contributed by atoms with Gasteiger partial charge < -0.3 is 28.6 Å². The minimum Gasteiger partial charge on any atom is -0.544 e. The monoisotopic (exact) mass is 786 g/mol. The first-order chi connectivity index (χ1) is 27.1. The third-order valence-electron chi connectivity index (χ3n) is 9.64. The number of likely N-dealkylation sites (N-methyl/N-ethyl adjacent to an activating group) is 1. The first kappa shape index (κ1) is 53.0. The van der Waals surface area contributed by atoms with Gasteiger partial charge in [0.25, 0.3) is 0 Å². The quantitative estimate of drug-likeness (QED) is 0.0265. The van der Waals surface area contributed by atoms with Gasteiger partial charge in [-0.25, -0.2) is 0 Å². The normalized spacial score (nSPS) is 13.5. The van der Waals surface area contributed by atoms with Crippen molar-refractivity contribution in [3.8, 4) is 0 Å². The fraction of sp³-hybridized carbons (Fsp3) is 0.729. The summed E-state index contributed by atoms with van der Waals surface area (Å²) in [5, 5.41) is 11.6. The first-order valence-electron chi connectivity index (χ1n) is 22.3. The van der Waals surface area contributed by atoms with Gasteiger partial charge in [-0.2, -0.15) is 0 Å². The van der Waals surface area contributed by atoms with E-state index in [4.69, 9.17) is 14.2 Å². The van der Waals surface area contributed by atoms with Gasteiger partial charge in [0, 0.05) is 19.3 Å². The molecule has 0 aromatic heterocycles. The summed E-state index contributed by atoms with van der Waals surface area (Å²) < 4.78 is 17.1. The Labute approximate surface area is 343 Å². The number of hydrogen-bond acceptors (Lipinski definition) is 7. The van der Waals surface area contributed by atoms with Crippen LogP contribution in [0.4, 0.5) is 0 Å². The summed E-state index contributed by atoms with van der Waals surface area (Å²) in [5.41, 5.74) is 0. The number of nitrogens with zero attached hydrogens (tertiary/aromatic N) is 1. The molecule has 0 amide bonds. The molecule has 2 atom stereocenters. The molecule has 0 aliphatic heterocycles. The second kappa shape index (κ2) is 38.9. The highest BCUT2D eigenvalue weighted by Crippen LogP contribution is 2.13. The number of allylic oxidation sites excluding steroid dienone is 10. The number of aliphatic carboxylic acids is 1. The standard InChI is InChI=1S/C48H83NO7/c1-6-8-10-12-14-16-18-20-21-22-23-24-25-26-27-29-30-32-34-36-38-46(50)55-43-44(42-54-41-40-45(48(52)53)49(3,4)5)56-47(51)39-37-35-33-31-28-19-17-15-13-11-9-7-2/h8,10,14-17,20-21,23-24,44-45H,6-7,9,11-13,18-19,22,25-43H2,1-5H3/b10-8+,16-14+,17-15+,21-20+,24-23+. The van der Waals surface area contributed by atoms with Crippen molar-refractivity contribution in [3.05, 3.63) is 60.8 Å². The van der Waals surface area contributed by atoms with Crippen LogP contribution in [0.15, 0.2) is 60.8 Å². The van der Waals surface area contributed by atoms with E-state index in [0.717, 1.165) is 83.5 Å². The number of carbonyl (C=O) groups excluding carboxylic acids is 3. The van der Waals surface area contributed by atoms with Gasteiger partial charge in [0.15, 0.2) is 6.10 Å². The van der Waals surface area contributed by atoms with Crippen LogP contribution < -0.4 is 5.11 Å². The second-order valence-electron chi connectivity index (χ2n) is 15.9. The van der Waals surface area contributed by atoms with E-state index in [0.29, 0.717) is 12.8 Å². The first-order valence-corrected chi connectivity index (χ1v) is 22.3. The Morgan fingerprint density at radius 2 is 1.00 bits per heavy atom. The van der Waals surface area contributed by atoms with Crippen LogP contribution in [0.3, 0.4) is 0 Å². The van der Waals surface area contributed by atoms with Gasteiger partial charge in [-0.05, 0) is 77.0 Å². The lowest BCUT2D eigenvalue weighted by Crippen LogP contribution is -2.55. The van der Waals surface area contributed by atoms with E-state index >= 15 is 0 Å².